The number of aromatic nitrogens is 2. The Labute approximate surface area is 115 Å². The fraction of sp³-hybridized carbons (Fsp3) is 0.857. The van der Waals surface area contributed by atoms with Crippen LogP contribution in [0, 0.1) is 0 Å². The van der Waals surface area contributed by atoms with Crippen molar-refractivity contribution >= 4 is 0 Å². The van der Waals surface area contributed by atoms with Crippen molar-refractivity contribution in [3.63, 3.8) is 0 Å². The second-order valence-electron chi connectivity index (χ2n) is 6.64. The van der Waals surface area contributed by atoms with Gasteiger partial charge in [0.15, 0.2) is 0 Å². The van der Waals surface area contributed by atoms with Crippen LogP contribution in [0.15, 0.2) is 4.42 Å². The number of nitrogens with zero attached hydrogens (tertiary/aromatic N) is 3. The molecule has 2 N–H and O–H groups in total. The molecule has 108 valence electrons. The SMILES string of the molecule is CC(N)C1CCCCN1Cc1nnc(C(C)(C)C)o1. The summed E-state index contributed by atoms with van der Waals surface area (Å²) in [5.41, 5.74) is 5.99. The van der Waals surface area contributed by atoms with Crippen LogP contribution in [0.2, 0.25) is 0 Å². The zero-order valence-corrected chi connectivity index (χ0v) is 12.5. The summed E-state index contributed by atoms with van der Waals surface area (Å²) >= 11 is 0. The number of hydrogen-bond donors (Lipinski definition) is 1. The lowest BCUT2D eigenvalue weighted by Gasteiger charge is -2.37. The van der Waals surface area contributed by atoms with Crippen molar-refractivity contribution in [3.8, 4) is 0 Å². The minimum absolute atomic E-state index is 0.0896. The summed E-state index contributed by atoms with van der Waals surface area (Å²) in [5, 5.41) is 8.32. The van der Waals surface area contributed by atoms with Crippen LogP contribution < -0.4 is 5.73 Å². The highest BCUT2D eigenvalue weighted by Gasteiger charge is 2.28. The molecular weight excluding hydrogens is 240 g/mol. The number of nitrogens with two attached hydrogens (primary N) is 1. The van der Waals surface area contributed by atoms with E-state index in [0.29, 0.717) is 17.8 Å². The molecule has 0 amide bonds. The quantitative estimate of drug-likeness (QED) is 0.907. The molecule has 5 nitrogen and oxygen atoms in total. The van der Waals surface area contributed by atoms with Crippen molar-refractivity contribution in [3.05, 3.63) is 11.8 Å². The molecule has 0 aliphatic carbocycles. The van der Waals surface area contributed by atoms with Gasteiger partial charge in [-0.3, -0.25) is 4.90 Å². The minimum Gasteiger partial charge on any atom is -0.423 e. The van der Waals surface area contributed by atoms with E-state index in [4.69, 9.17) is 10.2 Å². The van der Waals surface area contributed by atoms with Crippen LogP contribution in [-0.2, 0) is 12.0 Å². The number of rotatable bonds is 3. The summed E-state index contributed by atoms with van der Waals surface area (Å²) in [6.07, 6.45) is 3.65. The number of piperidine rings is 1. The molecule has 2 heterocycles. The third-order valence-electron chi connectivity index (χ3n) is 3.72. The van der Waals surface area contributed by atoms with E-state index in [2.05, 4.69) is 42.8 Å². The maximum atomic E-state index is 6.08. The molecule has 2 unspecified atom stereocenters. The summed E-state index contributed by atoms with van der Waals surface area (Å²) in [4.78, 5) is 2.38. The molecule has 1 aromatic heterocycles. The Morgan fingerprint density at radius 1 is 1.37 bits per heavy atom. The molecule has 2 atom stereocenters. The van der Waals surface area contributed by atoms with E-state index in [1.807, 2.05) is 0 Å². The van der Waals surface area contributed by atoms with Crippen molar-refractivity contribution in [2.24, 2.45) is 5.73 Å². The molecule has 0 spiro atoms. The molecule has 1 aliphatic heterocycles. The third kappa shape index (κ3) is 3.54. The Balaban J connectivity index is 2.05. The van der Waals surface area contributed by atoms with Gasteiger partial charge in [0.05, 0.1) is 6.54 Å². The molecular formula is C14H26N4O. The predicted octanol–water partition coefficient (Wildman–Crippen LogP) is 2.07. The average Bonchev–Trinajstić information content (AvgIpc) is 2.77. The third-order valence-corrected chi connectivity index (χ3v) is 3.72. The first-order valence-electron chi connectivity index (χ1n) is 7.20. The van der Waals surface area contributed by atoms with Gasteiger partial charge in [-0.1, -0.05) is 27.2 Å². The maximum Gasteiger partial charge on any atom is 0.230 e. The van der Waals surface area contributed by atoms with Gasteiger partial charge in [0, 0.05) is 17.5 Å². The largest absolute Gasteiger partial charge is 0.423 e. The van der Waals surface area contributed by atoms with Crippen molar-refractivity contribution in [1.82, 2.24) is 15.1 Å². The molecule has 0 radical (unpaired) electrons. The summed E-state index contributed by atoms with van der Waals surface area (Å²) in [6.45, 7) is 10.1. The monoisotopic (exact) mass is 266 g/mol. The van der Waals surface area contributed by atoms with Gasteiger partial charge in [-0.25, -0.2) is 0 Å². The van der Waals surface area contributed by atoms with Gasteiger partial charge in [0.25, 0.3) is 0 Å². The second-order valence-corrected chi connectivity index (χ2v) is 6.64. The Kier molecular flexibility index (Phi) is 4.26. The van der Waals surface area contributed by atoms with E-state index >= 15 is 0 Å². The van der Waals surface area contributed by atoms with E-state index < -0.39 is 0 Å². The standard InChI is InChI=1S/C14H26N4O/c1-10(15)11-7-5-6-8-18(11)9-12-16-17-13(19-12)14(2,3)4/h10-11H,5-9,15H2,1-4H3. The molecule has 1 aliphatic rings. The lowest BCUT2D eigenvalue weighted by atomic mass is 9.97. The van der Waals surface area contributed by atoms with Gasteiger partial charge in [0.1, 0.15) is 0 Å². The van der Waals surface area contributed by atoms with Crippen LogP contribution >= 0.6 is 0 Å². The van der Waals surface area contributed by atoms with Crippen LogP contribution in [-0.4, -0.2) is 33.7 Å². The lowest BCUT2D eigenvalue weighted by molar-refractivity contribution is 0.111. The van der Waals surface area contributed by atoms with Crippen LogP contribution in [0.4, 0.5) is 0 Å². The zero-order valence-electron chi connectivity index (χ0n) is 12.5. The van der Waals surface area contributed by atoms with Gasteiger partial charge >= 0.3 is 0 Å². The Morgan fingerprint density at radius 2 is 2.11 bits per heavy atom. The number of hydrogen-bond acceptors (Lipinski definition) is 5. The summed E-state index contributed by atoms with van der Waals surface area (Å²) in [7, 11) is 0. The summed E-state index contributed by atoms with van der Waals surface area (Å²) in [5.74, 6) is 1.41. The average molecular weight is 266 g/mol. The molecule has 5 heteroatoms. The van der Waals surface area contributed by atoms with Gasteiger partial charge in [0.2, 0.25) is 11.8 Å². The van der Waals surface area contributed by atoms with Crippen molar-refractivity contribution in [1.29, 1.82) is 0 Å². The zero-order chi connectivity index (χ0) is 14.0. The second kappa shape index (κ2) is 5.59. The van der Waals surface area contributed by atoms with E-state index in [9.17, 15) is 0 Å². The molecule has 2 rings (SSSR count). The minimum atomic E-state index is -0.0896. The van der Waals surface area contributed by atoms with Crippen LogP contribution in [0.5, 0.6) is 0 Å². The van der Waals surface area contributed by atoms with Crippen LogP contribution in [0.25, 0.3) is 0 Å². The summed E-state index contributed by atoms with van der Waals surface area (Å²) in [6, 6.07) is 0.615. The first kappa shape index (κ1) is 14.5. The number of likely N-dealkylation sites (tertiary alicyclic amines) is 1. The molecule has 1 fully saturated rings. The maximum absolute atomic E-state index is 6.08. The Bertz CT molecular complexity index is 408. The van der Waals surface area contributed by atoms with Crippen molar-refractivity contribution in [2.45, 2.75) is 71.0 Å². The molecule has 1 aromatic rings. The smallest absolute Gasteiger partial charge is 0.230 e. The van der Waals surface area contributed by atoms with Gasteiger partial charge in [-0.2, -0.15) is 0 Å². The Hall–Kier alpha value is -0.940. The first-order valence-corrected chi connectivity index (χ1v) is 7.20. The fourth-order valence-corrected chi connectivity index (χ4v) is 2.60. The summed E-state index contributed by atoms with van der Waals surface area (Å²) < 4.78 is 5.77. The van der Waals surface area contributed by atoms with Crippen LogP contribution in [0.1, 0.15) is 58.7 Å². The molecule has 0 aromatic carbocycles. The van der Waals surface area contributed by atoms with E-state index in [1.54, 1.807) is 0 Å². The molecule has 19 heavy (non-hydrogen) atoms. The Morgan fingerprint density at radius 3 is 2.68 bits per heavy atom. The molecule has 1 saturated heterocycles. The van der Waals surface area contributed by atoms with Gasteiger partial charge in [-0.15, -0.1) is 10.2 Å². The van der Waals surface area contributed by atoms with E-state index in [0.717, 1.165) is 19.5 Å². The van der Waals surface area contributed by atoms with Crippen LogP contribution in [0.3, 0.4) is 0 Å². The lowest BCUT2D eigenvalue weighted by Crippen LogP contribution is -2.48. The van der Waals surface area contributed by atoms with E-state index in [-0.39, 0.29) is 11.5 Å². The normalized spacial score (nSPS) is 23.5. The topological polar surface area (TPSA) is 68.2 Å². The first-order chi connectivity index (χ1) is 8.88. The highest BCUT2D eigenvalue weighted by atomic mass is 16.4. The highest BCUT2D eigenvalue weighted by molar-refractivity contribution is 4.96. The fourth-order valence-electron chi connectivity index (χ4n) is 2.60. The predicted molar refractivity (Wildman–Crippen MR) is 74.7 cm³/mol. The van der Waals surface area contributed by atoms with Gasteiger partial charge < -0.3 is 10.2 Å². The van der Waals surface area contributed by atoms with E-state index in [1.165, 1.54) is 12.8 Å². The van der Waals surface area contributed by atoms with Gasteiger partial charge in [-0.05, 0) is 26.3 Å². The molecule has 0 saturated carbocycles. The molecule has 0 bridgehead atoms. The van der Waals surface area contributed by atoms with Crippen molar-refractivity contribution in [2.75, 3.05) is 6.54 Å². The van der Waals surface area contributed by atoms with Crippen molar-refractivity contribution < 1.29 is 4.42 Å². The highest BCUT2D eigenvalue weighted by Crippen LogP contribution is 2.24.